The molecule has 12 heteroatoms. The van der Waals surface area contributed by atoms with E-state index in [2.05, 4.69) is 15.7 Å². The van der Waals surface area contributed by atoms with Gasteiger partial charge in [0.2, 0.25) is 0 Å². The fourth-order valence-electron chi connectivity index (χ4n) is 2.85. The first kappa shape index (κ1) is 23.4. The zero-order chi connectivity index (χ0) is 23.6. The van der Waals surface area contributed by atoms with Crippen molar-refractivity contribution in [2.24, 2.45) is 7.05 Å². The molecule has 0 fully saturated rings. The average molecular weight is 487 g/mol. The molecule has 3 N–H and O–H groups in total. The number of hydrogen-bond acceptors (Lipinski definition) is 4. The minimum Gasteiger partial charge on any atom is -0.505 e. The van der Waals surface area contributed by atoms with E-state index in [9.17, 15) is 27.9 Å². The van der Waals surface area contributed by atoms with Gasteiger partial charge in [-0.1, -0.05) is 41.4 Å². The van der Waals surface area contributed by atoms with E-state index < -0.39 is 23.6 Å². The Hall–Kier alpha value is -3.24. The molecule has 0 aliphatic carbocycles. The molecule has 0 bridgehead atoms. The normalized spacial score (nSPS) is 11.3. The summed E-state index contributed by atoms with van der Waals surface area (Å²) in [5.74, 6) is -1.83. The average Bonchev–Trinajstić information content (AvgIpc) is 3.09. The molecule has 32 heavy (non-hydrogen) atoms. The molecule has 168 valence electrons. The first-order valence-corrected chi connectivity index (χ1v) is 9.69. The number of carbonyl (C=O) groups is 2. The third kappa shape index (κ3) is 4.97. The maximum Gasteiger partial charge on any atom is 0.416 e. The largest absolute Gasteiger partial charge is 0.505 e. The third-order valence-corrected chi connectivity index (χ3v) is 5.03. The summed E-state index contributed by atoms with van der Waals surface area (Å²) in [4.78, 5) is 25.2. The molecular weight excluding hydrogens is 472 g/mol. The quantitative estimate of drug-likeness (QED) is 0.489. The van der Waals surface area contributed by atoms with Crippen LogP contribution >= 0.6 is 23.2 Å². The smallest absolute Gasteiger partial charge is 0.416 e. The topological polar surface area (TPSA) is 96.3 Å². The first-order valence-electron chi connectivity index (χ1n) is 8.93. The fraction of sp³-hybridized carbons (Fsp3) is 0.150. The van der Waals surface area contributed by atoms with Crippen LogP contribution in [0.1, 0.15) is 31.8 Å². The molecule has 3 rings (SSSR count). The highest BCUT2D eigenvalue weighted by Crippen LogP contribution is 2.33. The molecule has 0 radical (unpaired) electrons. The number of phenols is 1. The predicted molar refractivity (Wildman–Crippen MR) is 112 cm³/mol. The number of anilines is 1. The number of phenolic OH excluding ortho intramolecular Hbond substituents is 1. The second kappa shape index (κ2) is 9.09. The molecule has 0 atom stereocenters. The first-order chi connectivity index (χ1) is 15.0. The van der Waals surface area contributed by atoms with Gasteiger partial charge in [0.1, 0.15) is 11.4 Å². The molecule has 0 unspecified atom stereocenters. The van der Waals surface area contributed by atoms with E-state index in [1.165, 1.54) is 42.1 Å². The Balaban J connectivity index is 1.79. The lowest BCUT2D eigenvalue weighted by Gasteiger charge is -2.13. The summed E-state index contributed by atoms with van der Waals surface area (Å²) in [5, 5.41) is 18.1. The number of amides is 2. The second-order valence-electron chi connectivity index (χ2n) is 6.61. The molecule has 3 aromatic rings. The zero-order valence-corrected chi connectivity index (χ0v) is 17.8. The minimum atomic E-state index is -4.57. The van der Waals surface area contributed by atoms with Crippen LogP contribution in [-0.2, 0) is 19.8 Å². The van der Waals surface area contributed by atoms with Gasteiger partial charge in [0.15, 0.2) is 5.75 Å². The predicted octanol–water partition coefficient (Wildman–Crippen LogP) is 4.63. The van der Waals surface area contributed by atoms with Crippen LogP contribution in [0.2, 0.25) is 10.0 Å². The van der Waals surface area contributed by atoms with E-state index in [1.54, 1.807) is 0 Å². The highest BCUT2D eigenvalue weighted by molar-refractivity contribution is 6.37. The number of nitrogens with one attached hydrogen (secondary N) is 2. The molecule has 2 amide bonds. The van der Waals surface area contributed by atoms with Crippen LogP contribution < -0.4 is 10.6 Å². The molecule has 0 saturated carbocycles. The van der Waals surface area contributed by atoms with E-state index in [0.29, 0.717) is 0 Å². The Labute approximate surface area is 189 Å². The molecule has 2 aromatic carbocycles. The molecule has 0 aliphatic rings. The van der Waals surface area contributed by atoms with Crippen LogP contribution in [0.4, 0.5) is 19.0 Å². The standard InChI is InChI=1S/C20H15Cl2F3N4O3/c1-29-17(28-18(31)11-6-14(21)16(30)15(22)7-11)12(9-27-29)19(32)26-8-10-4-2-3-5-13(10)20(23,24)25/h2-7,9,30H,8H2,1H3,(H,26,32)(H,28,31). The number of aromatic hydroxyl groups is 1. The number of nitrogens with zero attached hydrogens (tertiary/aromatic N) is 2. The maximum absolute atomic E-state index is 13.1. The van der Waals surface area contributed by atoms with Gasteiger partial charge in [-0.05, 0) is 23.8 Å². The summed E-state index contributed by atoms with van der Waals surface area (Å²) in [6, 6.07) is 7.23. The van der Waals surface area contributed by atoms with Gasteiger partial charge in [-0.2, -0.15) is 18.3 Å². The number of benzene rings is 2. The van der Waals surface area contributed by atoms with Crippen LogP contribution in [0.5, 0.6) is 5.75 Å². The number of aromatic nitrogens is 2. The van der Waals surface area contributed by atoms with E-state index in [-0.39, 0.29) is 44.8 Å². The van der Waals surface area contributed by atoms with Gasteiger partial charge in [0, 0.05) is 19.2 Å². The van der Waals surface area contributed by atoms with Gasteiger partial charge >= 0.3 is 6.18 Å². The lowest BCUT2D eigenvalue weighted by Crippen LogP contribution is -2.26. The number of aryl methyl sites for hydroxylation is 1. The maximum atomic E-state index is 13.1. The van der Waals surface area contributed by atoms with Crippen molar-refractivity contribution in [2.75, 3.05) is 5.32 Å². The van der Waals surface area contributed by atoms with Crippen molar-refractivity contribution in [3.05, 3.63) is 74.9 Å². The van der Waals surface area contributed by atoms with Crippen molar-refractivity contribution in [2.45, 2.75) is 12.7 Å². The van der Waals surface area contributed by atoms with E-state index in [0.717, 1.165) is 12.3 Å². The van der Waals surface area contributed by atoms with Crippen LogP contribution in [0, 0.1) is 0 Å². The van der Waals surface area contributed by atoms with Crippen molar-refractivity contribution in [3.63, 3.8) is 0 Å². The minimum absolute atomic E-state index is 0.00285. The Morgan fingerprint density at radius 3 is 2.38 bits per heavy atom. The van der Waals surface area contributed by atoms with Crippen molar-refractivity contribution in [1.29, 1.82) is 0 Å². The van der Waals surface area contributed by atoms with Crippen LogP contribution in [0.3, 0.4) is 0 Å². The van der Waals surface area contributed by atoms with Crippen molar-refractivity contribution in [3.8, 4) is 5.75 Å². The van der Waals surface area contributed by atoms with Crippen molar-refractivity contribution in [1.82, 2.24) is 15.1 Å². The molecule has 0 spiro atoms. The summed E-state index contributed by atoms with van der Waals surface area (Å²) in [7, 11) is 1.46. The Kier molecular flexibility index (Phi) is 6.65. The Morgan fingerprint density at radius 1 is 1.12 bits per heavy atom. The summed E-state index contributed by atoms with van der Waals surface area (Å²) >= 11 is 11.7. The van der Waals surface area contributed by atoms with Crippen LogP contribution in [0.15, 0.2) is 42.6 Å². The second-order valence-corrected chi connectivity index (χ2v) is 7.43. The van der Waals surface area contributed by atoms with E-state index >= 15 is 0 Å². The zero-order valence-electron chi connectivity index (χ0n) is 16.3. The third-order valence-electron chi connectivity index (χ3n) is 4.46. The van der Waals surface area contributed by atoms with Gasteiger partial charge in [0.25, 0.3) is 11.8 Å². The van der Waals surface area contributed by atoms with E-state index in [1.807, 2.05) is 0 Å². The van der Waals surface area contributed by atoms with Crippen LogP contribution in [0.25, 0.3) is 0 Å². The number of halogens is 5. The highest BCUT2D eigenvalue weighted by atomic mass is 35.5. The van der Waals surface area contributed by atoms with E-state index in [4.69, 9.17) is 23.2 Å². The van der Waals surface area contributed by atoms with Gasteiger partial charge in [-0.25, -0.2) is 0 Å². The Bertz CT molecular complexity index is 1170. The van der Waals surface area contributed by atoms with Crippen LogP contribution in [-0.4, -0.2) is 26.7 Å². The lowest BCUT2D eigenvalue weighted by atomic mass is 10.1. The SMILES string of the molecule is Cn1ncc(C(=O)NCc2ccccc2C(F)(F)F)c1NC(=O)c1cc(Cl)c(O)c(Cl)c1. The molecule has 1 heterocycles. The number of alkyl halides is 3. The molecule has 7 nitrogen and oxygen atoms in total. The van der Waals surface area contributed by atoms with Crippen molar-refractivity contribution >= 4 is 40.8 Å². The lowest BCUT2D eigenvalue weighted by molar-refractivity contribution is -0.138. The van der Waals surface area contributed by atoms with Gasteiger partial charge in [0.05, 0.1) is 21.8 Å². The molecular formula is C20H15Cl2F3N4O3. The van der Waals surface area contributed by atoms with Gasteiger partial charge in [-0.15, -0.1) is 0 Å². The van der Waals surface area contributed by atoms with Gasteiger partial charge < -0.3 is 15.7 Å². The van der Waals surface area contributed by atoms with Crippen molar-refractivity contribution < 1.29 is 27.9 Å². The number of rotatable bonds is 5. The molecule has 0 saturated heterocycles. The fourth-order valence-corrected chi connectivity index (χ4v) is 3.34. The van der Waals surface area contributed by atoms with Gasteiger partial charge in [-0.3, -0.25) is 14.3 Å². The number of hydrogen-bond donors (Lipinski definition) is 3. The Morgan fingerprint density at radius 2 is 1.75 bits per heavy atom. The summed E-state index contributed by atoms with van der Waals surface area (Å²) in [6.07, 6.45) is -3.40. The summed E-state index contributed by atoms with van der Waals surface area (Å²) in [5.41, 5.74) is -1.04. The molecule has 1 aromatic heterocycles. The molecule has 0 aliphatic heterocycles. The summed E-state index contributed by atoms with van der Waals surface area (Å²) < 4.78 is 40.6. The number of carbonyl (C=O) groups excluding carboxylic acids is 2. The monoisotopic (exact) mass is 486 g/mol. The summed E-state index contributed by atoms with van der Waals surface area (Å²) in [6.45, 7) is -0.389. The highest BCUT2D eigenvalue weighted by Gasteiger charge is 2.33.